The minimum atomic E-state index is -0.0855. The topological polar surface area (TPSA) is 18.5 Å². The molecular weight excluding hydrogens is 211 g/mol. The summed E-state index contributed by atoms with van der Waals surface area (Å²) < 4.78 is 12.4. The SMILES string of the molecule is C=C[C@H](C)B1O[C@H]2C[C@H]3C[C@H](C3(C)C)[C@@]2(C)O1. The lowest BCUT2D eigenvalue weighted by molar-refractivity contribution is -0.199. The summed E-state index contributed by atoms with van der Waals surface area (Å²) in [6, 6.07) is 0. The Hall–Kier alpha value is -0.275. The monoisotopic (exact) mass is 234 g/mol. The second-order valence-corrected chi connectivity index (χ2v) is 6.93. The maximum atomic E-state index is 6.30. The van der Waals surface area contributed by atoms with E-state index in [9.17, 15) is 0 Å². The largest absolute Gasteiger partial charge is 0.464 e. The molecule has 3 saturated carbocycles. The molecule has 4 rings (SSSR count). The summed E-state index contributed by atoms with van der Waals surface area (Å²) in [6.07, 6.45) is 4.71. The number of hydrogen-bond donors (Lipinski definition) is 0. The fraction of sp³-hybridized carbons (Fsp3) is 0.857. The van der Waals surface area contributed by atoms with Crippen LogP contribution in [0.25, 0.3) is 0 Å². The Kier molecular flexibility index (Phi) is 2.35. The van der Waals surface area contributed by atoms with Gasteiger partial charge in [0.15, 0.2) is 0 Å². The number of rotatable bonds is 2. The van der Waals surface area contributed by atoms with E-state index >= 15 is 0 Å². The predicted octanol–water partition coefficient (Wildman–Crippen LogP) is 3.29. The van der Waals surface area contributed by atoms with Crippen LogP contribution in [-0.4, -0.2) is 18.8 Å². The van der Waals surface area contributed by atoms with Gasteiger partial charge in [0.25, 0.3) is 0 Å². The van der Waals surface area contributed by atoms with E-state index in [1.165, 1.54) is 12.8 Å². The van der Waals surface area contributed by atoms with E-state index in [0.717, 1.165) is 5.92 Å². The summed E-state index contributed by atoms with van der Waals surface area (Å²) in [7, 11) is -0.0855. The fourth-order valence-corrected chi connectivity index (χ4v) is 4.24. The third-order valence-electron chi connectivity index (χ3n) is 5.77. The summed E-state index contributed by atoms with van der Waals surface area (Å²) in [5.74, 6) is 1.76. The van der Waals surface area contributed by atoms with Gasteiger partial charge < -0.3 is 9.31 Å². The molecule has 0 aromatic heterocycles. The molecule has 3 heteroatoms. The molecule has 4 aliphatic rings. The van der Waals surface area contributed by atoms with Crippen molar-refractivity contribution in [2.75, 3.05) is 0 Å². The van der Waals surface area contributed by atoms with Crippen LogP contribution in [0.1, 0.15) is 40.5 Å². The summed E-state index contributed by atoms with van der Waals surface area (Å²) in [5.41, 5.74) is 0.362. The van der Waals surface area contributed by atoms with Crippen LogP contribution in [0.2, 0.25) is 5.82 Å². The smallest absolute Gasteiger partial charge is 0.405 e. The highest BCUT2D eigenvalue weighted by Crippen LogP contribution is 2.66. The van der Waals surface area contributed by atoms with Crippen molar-refractivity contribution in [2.45, 2.75) is 58.1 Å². The first-order valence-corrected chi connectivity index (χ1v) is 6.85. The fourth-order valence-electron chi connectivity index (χ4n) is 4.24. The molecule has 1 aliphatic heterocycles. The summed E-state index contributed by atoms with van der Waals surface area (Å²) in [5, 5.41) is 0. The molecule has 4 fully saturated rings. The molecule has 2 bridgehead atoms. The first-order valence-electron chi connectivity index (χ1n) is 6.85. The van der Waals surface area contributed by atoms with Crippen molar-refractivity contribution in [1.82, 2.24) is 0 Å². The Labute approximate surface area is 105 Å². The van der Waals surface area contributed by atoms with Crippen LogP contribution in [0.5, 0.6) is 0 Å². The maximum absolute atomic E-state index is 6.30. The highest BCUT2D eigenvalue weighted by Gasteiger charge is 2.68. The van der Waals surface area contributed by atoms with Crippen LogP contribution in [0.3, 0.4) is 0 Å². The average molecular weight is 234 g/mol. The van der Waals surface area contributed by atoms with Gasteiger partial charge in [0.1, 0.15) is 0 Å². The van der Waals surface area contributed by atoms with E-state index < -0.39 is 0 Å². The molecule has 0 spiro atoms. The number of hydrogen-bond acceptors (Lipinski definition) is 2. The van der Waals surface area contributed by atoms with Gasteiger partial charge in [0.05, 0.1) is 11.7 Å². The van der Waals surface area contributed by atoms with Crippen LogP contribution >= 0.6 is 0 Å². The van der Waals surface area contributed by atoms with Crippen molar-refractivity contribution in [3.8, 4) is 0 Å². The molecule has 0 unspecified atom stereocenters. The average Bonchev–Trinajstić information content (AvgIpc) is 2.64. The Morgan fingerprint density at radius 2 is 2.06 bits per heavy atom. The van der Waals surface area contributed by atoms with Crippen LogP contribution in [0.15, 0.2) is 12.7 Å². The zero-order chi connectivity index (χ0) is 12.4. The van der Waals surface area contributed by atoms with Crippen molar-refractivity contribution >= 4 is 7.12 Å². The van der Waals surface area contributed by atoms with Crippen molar-refractivity contribution < 1.29 is 9.31 Å². The normalized spacial score (nSPS) is 48.2. The quantitative estimate of drug-likeness (QED) is 0.539. The van der Waals surface area contributed by atoms with Gasteiger partial charge in [-0.2, -0.15) is 0 Å². The molecule has 94 valence electrons. The Morgan fingerprint density at radius 3 is 2.65 bits per heavy atom. The van der Waals surface area contributed by atoms with Gasteiger partial charge in [0, 0.05) is 5.82 Å². The number of allylic oxidation sites excluding steroid dienone is 1. The summed E-state index contributed by atoms with van der Waals surface area (Å²) in [6.45, 7) is 13.0. The maximum Gasteiger partial charge on any atom is 0.464 e. The summed E-state index contributed by atoms with van der Waals surface area (Å²) in [4.78, 5) is 0. The second-order valence-electron chi connectivity index (χ2n) is 6.93. The first kappa shape index (κ1) is 11.8. The van der Waals surface area contributed by atoms with Crippen LogP contribution in [0, 0.1) is 17.3 Å². The Morgan fingerprint density at radius 1 is 1.35 bits per heavy atom. The molecule has 3 aliphatic carbocycles. The van der Waals surface area contributed by atoms with E-state index in [4.69, 9.17) is 9.31 Å². The van der Waals surface area contributed by atoms with E-state index in [1.54, 1.807) is 0 Å². The highest BCUT2D eigenvalue weighted by molar-refractivity contribution is 6.47. The second kappa shape index (κ2) is 3.39. The molecule has 1 saturated heterocycles. The predicted molar refractivity (Wildman–Crippen MR) is 69.7 cm³/mol. The Balaban J connectivity index is 1.85. The summed E-state index contributed by atoms with van der Waals surface area (Å²) >= 11 is 0. The van der Waals surface area contributed by atoms with E-state index in [0.29, 0.717) is 17.4 Å². The molecule has 1 heterocycles. The van der Waals surface area contributed by atoms with Gasteiger partial charge in [-0.15, -0.1) is 6.58 Å². The van der Waals surface area contributed by atoms with Gasteiger partial charge >= 0.3 is 7.12 Å². The zero-order valence-electron chi connectivity index (χ0n) is 11.4. The van der Waals surface area contributed by atoms with Crippen LogP contribution < -0.4 is 0 Å². The molecule has 2 nitrogen and oxygen atoms in total. The molecule has 0 radical (unpaired) electrons. The molecule has 17 heavy (non-hydrogen) atoms. The molecule has 0 aromatic rings. The minimum absolute atomic E-state index is 0.0693. The zero-order valence-corrected chi connectivity index (χ0v) is 11.4. The van der Waals surface area contributed by atoms with Crippen LogP contribution in [0.4, 0.5) is 0 Å². The van der Waals surface area contributed by atoms with Gasteiger partial charge in [-0.25, -0.2) is 0 Å². The van der Waals surface area contributed by atoms with Crippen molar-refractivity contribution in [3.63, 3.8) is 0 Å². The standard InChI is InChI=1S/C14H23BO2/c1-6-9(2)15-16-12-8-10-7-11(13(10,3)4)14(12,5)17-15/h6,9-12H,1,7-8H2,2-5H3/t9-,10+,11+,12-,14+/m0/s1. The van der Waals surface area contributed by atoms with Gasteiger partial charge in [-0.05, 0) is 37.0 Å². The lowest BCUT2D eigenvalue weighted by Crippen LogP contribution is -2.65. The highest BCUT2D eigenvalue weighted by atomic mass is 16.7. The Bertz CT molecular complexity index is 354. The van der Waals surface area contributed by atoms with Crippen molar-refractivity contribution in [2.24, 2.45) is 17.3 Å². The van der Waals surface area contributed by atoms with Crippen molar-refractivity contribution in [3.05, 3.63) is 12.7 Å². The molecule has 0 aromatic carbocycles. The molecule has 5 atom stereocenters. The van der Waals surface area contributed by atoms with E-state index in [2.05, 4.69) is 34.3 Å². The molecular formula is C14H23BO2. The van der Waals surface area contributed by atoms with Gasteiger partial charge in [-0.1, -0.05) is 26.8 Å². The van der Waals surface area contributed by atoms with Crippen molar-refractivity contribution in [1.29, 1.82) is 0 Å². The first-order chi connectivity index (χ1) is 7.89. The van der Waals surface area contributed by atoms with E-state index in [1.807, 2.05) is 6.08 Å². The lowest BCUT2D eigenvalue weighted by Gasteiger charge is -2.64. The third-order valence-corrected chi connectivity index (χ3v) is 5.77. The lowest BCUT2D eigenvalue weighted by atomic mass is 9.43. The van der Waals surface area contributed by atoms with Crippen LogP contribution in [-0.2, 0) is 9.31 Å². The van der Waals surface area contributed by atoms with Gasteiger partial charge in [-0.3, -0.25) is 0 Å². The molecule has 0 amide bonds. The third kappa shape index (κ3) is 1.36. The minimum Gasteiger partial charge on any atom is -0.405 e. The van der Waals surface area contributed by atoms with E-state index in [-0.39, 0.29) is 18.5 Å². The van der Waals surface area contributed by atoms with Gasteiger partial charge in [0.2, 0.25) is 0 Å². The molecule has 0 N–H and O–H groups in total.